The highest BCUT2D eigenvalue weighted by Gasteiger charge is 2.23. The molecule has 0 aliphatic heterocycles. The van der Waals surface area contributed by atoms with Crippen LogP contribution in [0.15, 0.2) is 15.8 Å². The van der Waals surface area contributed by atoms with Crippen LogP contribution in [0.25, 0.3) is 0 Å². The number of hydrogen-bond donors (Lipinski definition) is 2. The maximum Gasteiger partial charge on any atom is 0.260 e. The molecule has 0 saturated heterocycles. The lowest BCUT2D eigenvalue weighted by Crippen LogP contribution is -2.27. The Morgan fingerprint density at radius 1 is 1.50 bits per heavy atom. The van der Waals surface area contributed by atoms with Gasteiger partial charge >= 0.3 is 0 Å². The molecule has 2 aromatic rings. The Labute approximate surface area is 125 Å². The topological polar surface area (TPSA) is 106 Å². The van der Waals surface area contributed by atoms with Crippen molar-refractivity contribution >= 4 is 26.0 Å². The van der Waals surface area contributed by atoms with E-state index in [1.165, 1.54) is 11.7 Å². The number of aromatic amines is 1. The van der Waals surface area contributed by atoms with Gasteiger partial charge in [-0.25, -0.2) is 17.8 Å². The standard InChI is InChI=1S/C10H15BrN6O2S/c1-7-8(6-12-14-7)4-3-5-13-20(18,19)10-9(11)15-16-17(10)2/h6,13H,3-5H2,1-2H3,(H,12,14). The summed E-state index contributed by atoms with van der Waals surface area (Å²) in [6.07, 6.45) is 3.20. The van der Waals surface area contributed by atoms with Crippen molar-refractivity contribution in [3.05, 3.63) is 22.1 Å². The minimum Gasteiger partial charge on any atom is -0.283 e. The lowest BCUT2D eigenvalue weighted by atomic mass is 10.1. The number of halogens is 1. The summed E-state index contributed by atoms with van der Waals surface area (Å²) in [5.41, 5.74) is 2.10. The fourth-order valence-electron chi connectivity index (χ4n) is 1.79. The van der Waals surface area contributed by atoms with Crippen molar-refractivity contribution < 1.29 is 8.42 Å². The number of H-pyrrole nitrogens is 1. The van der Waals surface area contributed by atoms with Crippen molar-refractivity contribution in [1.82, 2.24) is 29.9 Å². The summed E-state index contributed by atoms with van der Waals surface area (Å²) in [5.74, 6) is 0. The summed E-state index contributed by atoms with van der Waals surface area (Å²) < 4.78 is 28.2. The third-order valence-electron chi connectivity index (χ3n) is 2.84. The van der Waals surface area contributed by atoms with Crippen molar-refractivity contribution in [3.8, 4) is 0 Å². The van der Waals surface area contributed by atoms with Gasteiger partial charge in [-0.05, 0) is 41.3 Å². The van der Waals surface area contributed by atoms with E-state index in [-0.39, 0.29) is 9.63 Å². The third kappa shape index (κ3) is 3.25. The van der Waals surface area contributed by atoms with Gasteiger partial charge in [-0.3, -0.25) is 5.10 Å². The van der Waals surface area contributed by atoms with Crippen molar-refractivity contribution in [1.29, 1.82) is 0 Å². The van der Waals surface area contributed by atoms with E-state index in [0.29, 0.717) is 13.0 Å². The molecule has 20 heavy (non-hydrogen) atoms. The molecule has 110 valence electrons. The van der Waals surface area contributed by atoms with Gasteiger partial charge in [-0.2, -0.15) is 5.10 Å². The van der Waals surface area contributed by atoms with Gasteiger partial charge in [0.15, 0.2) is 4.60 Å². The SMILES string of the molecule is Cc1[nH]ncc1CCCNS(=O)(=O)c1c(Br)nnn1C. The molecular formula is C10H15BrN6O2S. The maximum absolute atomic E-state index is 12.1. The number of nitrogens with one attached hydrogen (secondary N) is 2. The average Bonchev–Trinajstić information content (AvgIpc) is 2.92. The predicted molar refractivity (Wildman–Crippen MR) is 75.5 cm³/mol. The van der Waals surface area contributed by atoms with E-state index < -0.39 is 10.0 Å². The first-order valence-corrected chi connectivity index (χ1v) is 8.23. The molecule has 2 N–H and O–H groups in total. The van der Waals surface area contributed by atoms with Crippen LogP contribution < -0.4 is 4.72 Å². The summed E-state index contributed by atoms with van der Waals surface area (Å²) in [4.78, 5) is 0. The largest absolute Gasteiger partial charge is 0.283 e. The summed E-state index contributed by atoms with van der Waals surface area (Å²) in [5, 5.41) is 14.1. The Morgan fingerprint density at radius 2 is 2.25 bits per heavy atom. The highest BCUT2D eigenvalue weighted by atomic mass is 79.9. The van der Waals surface area contributed by atoms with Crippen LogP contribution in [0.1, 0.15) is 17.7 Å². The number of rotatable bonds is 6. The summed E-state index contributed by atoms with van der Waals surface area (Å²) in [7, 11) is -2.08. The first-order chi connectivity index (χ1) is 9.42. The zero-order chi connectivity index (χ0) is 14.8. The summed E-state index contributed by atoms with van der Waals surface area (Å²) >= 11 is 3.08. The molecule has 0 aliphatic rings. The van der Waals surface area contributed by atoms with Crippen LogP contribution in [0.4, 0.5) is 0 Å². The lowest BCUT2D eigenvalue weighted by molar-refractivity contribution is 0.558. The van der Waals surface area contributed by atoms with E-state index in [1.807, 2.05) is 6.92 Å². The molecule has 0 spiro atoms. The van der Waals surface area contributed by atoms with Crippen LogP contribution in [0.2, 0.25) is 0 Å². The first-order valence-electron chi connectivity index (χ1n) is 5.95. The Morgan fingerprint density at radius 3 is 2.80 bits per heavy atom. The highest BCUT2D eigenvalue weighted by Crippen LogP contribution is 2.17. The van der Waals surface area contributed by atoms with Crippen molar-refractivity contribution in [2.45, 2.75) is 24.8 Å². The molecule has 0 unspecified atom stereocenters. The quantitative estimate of drug-likeness (QED) is 0.728. The van der Waals surface area contributed by atoms with Crippen molar-refractivity contribution in [2.24, 2.45) is 7.05 Å². The molecule has 0 radical (unpaired) electrons. The normalized spacial score (nSPS) is 11.9. The van der Waals surface area contributed by atoms with Gasteiger partial charge in [0.05, 0.1) is 6.20 Å². The number of hydrogen-bond acceptors (Lipinski definition) is 5. The second-order valence-electron chi connectivity index (χ2n) is 4.33. The molecule has 0 bridgehead atoms. The monoisotopic (exact) mass is 362 g/mol. The molecule has 2 rings (SSSR count). The molecule has 8 nitrogen and oxygen atoms in total. The lowest BCUT2D eigenvalue weighted by Gasteiger charge is -2.06. The molecule has 2 aromatic heterocycles. The molecule has 0 atom stereocenters. The van der Waals surface area contributed by atoms with E-state index in [1.54, 1.807) is 6.20 Å². The smallest absolute Gasteiger partial charge is 0.260 e. The van der Waals surface area contributed by atoms with Crippen LogP contribution in [0.3, 0.4) is 0 Å². The Balaban J connectivity index is 1.92. The first kappa shape index (κ1) is 15.1. The summed E-state index contributed by atoms with van der Waals surface area (Å²) in [6, 6.07) is 0. The zero-order valence-electron chi connectivity index (χ0n) is 11.1. The summed E-state index contributed by atoms with van der Waals surface area (Å²) in [6.45, 7) is 2.27. The van der Waals surface area contributed by atoms with Gasteiger partial charge in [0.25, 0.3) is 10.0 Å². The van der Waals surface area contributed by atoms with Crippen LogP contribution in [0, 0.1) is 6.92 Å². The molecule has 2 heterocycles. The predicted octanol–water partition coefficient (Wildman–Crippen LogP) is 0.520. The van der Waals surface area contributed by atoms with Gasteiger partial charge in [0.1, 0.15) is 0 Å². The number of sulfonamides is 1. The fraction of sp³-hybridized carbons (Fsp3) is 0.500. The van der Waals surface area contributed by atoms with Crippen LogP contribution in [-0.4, -0.2) is 40.2 Å². The van der Waals surface area contributed by atoms with Gasteiger partial charge in [-0.1, -0.05) is 5.21 Å². The third-order valence-corrected chi connectivity index (χ3v) is 5.19. The molecule has 0 aliphatic carbocycles. The van der Waals surface area contributed by atoms with Gasteiger partial charge in [0, 0.05) is 19.3 Å². The molecular weight excluding hydrogens is 348 g/mol. The number of nitrogens with zero attached hydrogens (tertiary/aromatic N) is 4. The minimum absolute atomic E-state index is 0.0250. The second kappa shape index (κ2) is 6.02. The zero-order valence-corrected chi connectivity index (χ0v) is 13.5. The molecule has 0 saturated carbocycles. The van der Waals surface area contributed by atoms with E-state index in [0.717, 1.165) is 17.7 Å². The molecule has 0 fully saturated rings. The van der Waals surface area contributed by atoms with E-state index in [4.69, 9.17) is 0 Å². The van der Waals surface area contributed by atoms with Gasteiger partial charge in [-0.15, -0.1) is 5.10 Å². The van der Waals surface area contributed by atoms with E-state index >= 15 is 0 Å². The molecule has 0 aromatic carbocycles. The van der Waals surface area contributed by atoms with Gasteiger partial charge in [0.2, 0.25) is 5.03 Å². The van der Waals surface area contributed by atoms with E-state index in [9.17, 15) is 8.42 Å². The van der Waals surface area contributed by atoms with Crippen molar-refractivity contribution in [2.75, 3.05) is 6.54 Å². The Hall–Kier alpha value is -1.26. The Kier molecular flexibility index (Phi) is 4.55. The van der Waals surface area contributed by atoms with Gasteiger partial charge < -0.3 is 0 Å². The van der Waals surface area contributed by atoms with E-state index in [2.05, 4.69) is 41.2 Å². The Bertz CT molecular complexity index is 673. The van der Waals surface area contributed by atoms with Crippen LogP contribution >= 0.6 is 15.9 Å². The average molecular weight is 363 g/mol. The number of aryl methyl sites for hydroxylation is 3. The molecule has 10 heteroatoms. The highest BCUT2D eigenvalue weighted by molar-refractivity contribution is 9.10. The maximum atomic E-state index is 12.1. The second-order valence-corrected chi connectivity index (χ2v) is 6.76. The van der Waals surface area contributed by atoms with Crippen LogP contribution in [0.5, 0.6) is 0 Å². The number of aromatic nitrogens is 5. The van der Waals surface area contributed by atoms with Crippen molar-refractivity contribution in [3.63, 3.8) is 0 Å². The minimum atomic E-state index is -3.61. The fourth-order valence-corrected chi connectivity index (χ4v) is 3.95. The van der Waals surface area contributed by atoms with Crippen LogP contribution in [-0.2, 0) is 23.5 Å². The molecule has 0 amide bonds.